The summed E-state index contributed by atoms with van der Waals surface area (Å²) in [7, 11) is 0. The summed E-state index contributed by atoms with van der Waals surface area (Å²) in [6, 6.07) is 96.0. The molecule has 0 saturated heterocycles. The summed E-state index contributed by atoms with van der Waals surface area (Å²) in [6.45, 7) is 18.3. The normalized spacial score (nSPS) is 7.87. The van der Waals surface area contributed by atoms with Crippen LogP contribution in [-0.2, 0) is 47.7 Å². The number of carbonyl (C=O) groups excluding carboxylic acids is 5. The Morgan fingerprint density at radius 3 is 0.231 bits per heavy atom. The molecule has 0 aromatic heterocycles. The molecule has 8 aromatic rings. The van der Waals surface area contributed by atoms with Crippen molar-refractivity contribution in [2.75, 3.05) is 33.0 Å². The van der Waals surface area contributed by atoms with Gasteiger partial charge < -0.3 is 23.7 Å². The first-order valence-electron chi connectivity index (χ1n) is 25.5. The molecule has 10 nitrogen and oxygen atoms in total. The SMILES string of the molecule is CCOC(C)=O.CCOC(C)=O.CCOC(C)=O.CCOC(C)=O.CCOC(C)=O.c1ccccc1.c1ccccc1.c1ccccc1.c1ccccc1.c1ccccc1.c1ccccc1.c1ccccc1.c1ccccc1. The molecular formula is C68H88O10. The number of hydrogen-bond acceptors (Lipinski definition) is 10. The van der Waals surface area contributed by atoms with E-state index < -0.39 is 0 Å². The lowest BCUT2D eigenvalue weighted by Crippen LogP contribution is -1.95. The average molecular weight is 1070 g/mol. The average Bonchev–Trinajstić information content (AvgIpc) is 3.48. The Hall–Kier alpha value is -8.89. The summed E-state index contributed by atoms with van der Waals surface area (Å²) >= 11 is 0. The predicted molar refractivity (Wildman–Crippen MR) is 323 cm³/mol. The number of benzene rings is 8. The molecular weight excluding hydrogens is 977 g/mol. The molecule has 0 fully saturated rings. The van der Waals surface area contributed by atoms with Crippen molar-refractivity contribution >= 4 is 29.8 Å². The number of esters is 5. The van der Waals surface area contributed by atoms with Crippen molar-refractivity contribution in [1.29, 1.82) is 0 Å². The Labute approximate surface area is 469 Å². The zero-order valence-corrected chi connectivity index (χ0v) is 47.8. The first kappa shape index (κ1) is 78.0. The fourth-order valence-corrected chi connectivity index (χ4v) is 4.10. The van der Waals surface area contributed by atoms with Crippen LogP contribution in [0.2, 0.25) is 0 Å². The molecule has 0 atom stereocenters. The van der Waals surface area contributed by atoms with Crippen LogP contribution >= 0.6 is 0 Å². The van der Waals surface area contributed by atoms with Gasteiger partial charge in [0.05, 0.1) is 33.0 Å². The van der Waals surface area contributed by atoms with E-state index in [-0.39, 0.29) is 29.8 Å². The molecule has 0 N–H and O–H groups in total. The number of carbonyl (C=O) groups is 5. The molecule has 10 heteroatoms. The first-order valence-corrected chi connectivity index (χ1v) is 25.5. The van der Waals surface area contributed by atoms with Gasteiger partial charge in [-0.1, -0.05) is 291 Å². The maximum Gasteiger partial charge on any atom is 0.302 e. The van der Waals surface area contributed by atoms with Crippen LogP contribution in [0.25, 0.3) is 0 Å². The largest absolute Gasteiger partial charge is 0.466 e. The van der Waals surface area contributed by atoms with Crippen LogP contribution in [0.3, 0.4) is 0 Å². The zero-order valence-electron chi connectivity index (χ0n) is 47.8. The summed E-state index contributed by atoms with van der Waals surface area (Å²) in [5.41, 5.74) is 0. The Morgan fingerprint density at radius 1 is 0.167 bits per heavy atom. The van der Waals surface area contributed by atoms with Crippen molar-refractivity contribution in [2.45, 2.75) is 69.2 Å². The molecule has 0 unspecified atom stereocenters. The van der Waals surface area contributed by atoms with Crippen molar-refractivity contribution < 1.29 is 47.7 Å². The van der Waals surface area contributed by atoms with E-state index in [4.69, 9.17) is 0 Å². The zero-order chi connectivity index (χ0) is 58.9. The van der Waals surface area contributed by atoms with E-state index in [2.05, 4.69) is 23.7 Å². The quantitative estimate of drug-likeness (QED) is 0.121. The van der Waals surface area contributed by atoms with E-state index >= 15 is 0 Å². The van der Waals surface area contributed by atoms with Gasteiger partial charge in [0.1, 0.15) is 0 Å². The highest BCUT2D eigenvalue weighted by atomic mass is 16.5. The molecule has 0 heterocycles. The van der Waals surface area contributed by atoms with Crippen LogP contribution in [0.1, 0.15) is 69.2 Å². The van der Waals surface area contributed by atoms with Gasteiger partial charge in [-0.25, -0.2) is 0 Å². The molecule has 0 radical (unpaired) electrons. The molecule has 78 heavy (non-hydrogen) atoms. The van der Waals surface area contributed by atoms with E-state index in [1.165, 1.54) is 34.6 Å². The van der Waals surface area contributed by atoms with Crippen LogP contribution in [0.4, 0.5) is 0 Å². The van der Waals surface area contributed by atoms with Gasteiger partial charge in [0, 0.05) is 34.6 Å². The monoisotopic (exact) mass is 1060 g/mol. The predicted octanol–water partition coefficient (Wildman–Crippen LogP) is 16.3. The van der Waals surface area contributed by atoms with E-state index in [0.717, 1.165) is 0 Å². The smallest absolute Gasteiger partial charge is 0.302 e. The lowest BCUT2D eigenvalue weighted by molar-refractivity contribution is -0.141. The second kappa shape index (κ2) is 74.6. The van der Waals surface area contributed by atoms with Crippen molar-refractivity contribution in [3.8, 4) is 0 Å². The van der Waals surface area contributed by atoms with Crippen LogP contribution in [0, 0.1) is 0 Å². The summed E-state index contributed by atoms with van der Waals surface area (Å²) in [5.74, 6) is -1.05. The minimum absolute atomic E-state index is 0.211. The highest BCUT2D eigenvalue weighted by Gasteiger charge is 1.84. The highest BCUT2D eigenvalue weighted by Crippen LogP contribution is 1.85. The Morgan fingerprint density at radius 2 is 0.218 bits per heavy atom. The van der Waals surface area contributed by atoms with Crippen molar-refractivity contribution in [2.24, 2.45) is 0 Å². The maximum absolute atomic E-state index is 9.82. The fraction of sp³-hybridized carbons (Fsp3) is 0.221. The second-order valence-electron chi connectivity index (χ2n) is 13.9. The molecule has 0 amide bonds. The van der Waals surface area contributed by atoms with Gasteiger partial charge in [-0.05, 0) is 34.6 Å². The third kappa shape index (κ3) is 100. The van der Waals surface area contributed by atoms with Gasteiger partial charge in [-0.3, -0.25) is 24.0 Å². The van der Waals surface area contributed by atoms with Crippen LogP contribution in [0.15, 0.2) is 291 Å². The van der Waals surface area contributed by atoms with E-state index in [1.54, 1.807) is 34.6 Å². The Balaban J connectivity index is -0.000000247. The van der Waals surface area contributed by atoms with Gasteiger partial charge in [-0.15, -0.1) is 0 Å². The molecule has 0 spiro atoms. The van der Waals surface area contributed by atoms with Crippen LogP contribution < -0.4 is 0 Å². The van der Waals surface area contributed by atoms with Gasteiger partial charge in [0.25, 0.3) is 0 Å². The van der Waals surface area contributed by atoms with Gasteiger partial charge in [-0.2, -0.15) is 0 Å². The summed E-state index contributed by atoms with van der Waals surface area (Å²) in [4.78, 5) is 49.1. The van der Waals surface area contributed by atoms with Gasteiger partial charge in [0.15, 0.2) is 0 Å². The molecule has 8 rings (SSSR count). The van der Waals surface area contributed by atoms with E-state index in [0.29, 0.717) is 33.0 Å². The Kier molecular flexibility index (Phi) is 74.6. The van der Waals surface area contributed by atoms with E-state index in [1.807, 2.05) is 291 Å². The molecule has 0 bridgehead atoms. The van der Waals surface area contributed by atoms with Gasteiger partial charge >= 0.3 is 29.8 Å². The minimum atomic E-state index is -0.211. The first-order chi connectivity index (χ1) is 37.9. The highest BCUT2D eigenvalue weighted by molar-refractivity contribution is 5.66. The third-order valence-electron chi connectivity index (χ3n) is 7.07. The lowest BCUT2D eigenvalue weighted by atomic mass is 10.4. The number of ether oxygens (including phenoxy) is 5. The number of rotatable bonds is 5. The topological polar surface area (TPSA) is 132 Å². The second-order valence-corrected chi connectivity index (χ2v) is 13.9. The van der Waals surface area contributed by atoms with Crippen LogP contribution in [0.5, 0.6) is 0 Å². The lowest BCUT2D eigenvalue weighted by Gasteiger charge is -1.89. The third-order valence-corrected chi connectivity index (χ3v) is 7.07. The molecule has 0 aliphatic heterocycles. The van der Waals surface area contributed by atoms with Crippen molar-refractivity contribution in [3.63, 3.8) is 0 Å². The van der Waals surface area contributed by atoms with Crippen molar-refractivity contribution in [1.82, 2.24) is 0 Å². The van der Waals surface area contributed by atoms with Crippen LogP contribution in [-0.4, -0.2) is 62.9 Å². The Bertz CT molecular complexity index is 1570. The standard InChI is InChI=1S/8C6H6.5C4H8O2/c8*1-2-4-6-5-3-1;5*1-3-6-4(2)5/h8*1-6H;5*3H2,1-2H3. The molecule has 420 valence electrons. The van der Waals surface area contributed by atoms with E-state index in [9.17, 15) is 24.0 Å². The maximum atomic E-state index is 9.82. The molecule has 0 aliphatic carbocycles. The molecule has 0 aliphatic rings. The van der Waals surface area contributed by atoms with Crippen molar-refractivity contribution in [3.05, 3.63) is 291 Å². The van der Waals surface area contributed by atoms with Gasteiger partial charge in [0.2, 0.25) is 0 Å². The minimum Gasteiger partial charge on any atom is -0.466 e. The fourth-order valence-electron chi connectivity index (χ4n) is 4.10. The molecule has 8 aromatic carbocycles. The summed E-state index contributed by atoms with van der Waals surface area (Å²) < 4.78 is 22.0. The summed E-state index contributed by atoms with van der Waals surface area (Å²) in [6.07, 6.45) is 0. The molecule has 0 saturated carbocycles. The summed E-state index contributed by atoms with van der Waals surface area (Å²) in [5, 5.41) is 0. The number of hydrogen-bond donors (Lipinski definition) is 0.